The Morgan fingerprint density at radius 2 is 0.787 bits per heavy atom. The molecule has 0 aromatic rings. The minimum absolute atomic E-state index is 0. The minimum Gasteiger partial charge on any atom is -0.393 e. The van der Waals surface area contributed by atoms with Crippen LogP contribution in [-0.4, -0.2) is 94.3 Å². The van der Waals surface area contributed by atoms with Gasteiger partial charge in [-0.25, -0.2) is 0 Å². The molecule has 6 atom stereocenters. The van der Waals surface area contributed by atoms with Crippen LogP contribution in [0.3, 0.4) is 0 Å². The Labute approximate surface area is 388 Å². The van der Waals surface area contributed by atoms with Crippen LogP contribution in [0.25, 0.3) is 0 Å². The highest BCUT2D eigenvalue weighted by Crippen LogP contribution is 1.98. The van der Waals surface area contributed by atoms with Gasteiger partial charge in [0, 0.05) is 55.2 Å². The first-order chi connectivity index (χ1) is 27.0. The molecule has 0 aromatic heterocycles. The lowest BCUT2D eigenvalue weighted by Crippen LogP contribution is -2.32. The number of carbonyl (C=O) groups excluding carboxylic acids is 3. The van der Waals surface area contributed by atoms with Crippen molar-refractivity contribution >= 4 is 42.6 Å². The van der Waals surface area contributed by atoms with Gasteiger partial charge in [-0.1, -0.05) is 116 Å². The molecule has 0 fully saturated rings. The molecule has 61 heavy (non-hydrogen) atoms. The lowest BCUT2D eigenvalue weighted by atomic mass is 10.1. The summed E-state index contributed by atoms with van der Waals surface area (Å²) in [6.07, 6.45) is 10.9. The predicted molar refractivity (Wildman–Crippen MR) is 277 cm³/mol. The molecule has 0 aliphatic rings. The molecule has 0 rings (SSSR count). The summed E-state index contributed by atoms with van der Waals surface area (Å²) < 4.78 is 0. The molecular formula is C49H101B3N3O6. The molecule has 6 N–H and O–H groups in total. The zero-order valence-electron chi connectivity index (χ0n) is 44.1. The number of hydrogen-bond acceptors (Lipinski definition) is 9. The van der Waals surface area contributed by atoms with E-state index in [0.717, 1.165) is 49.2 Å². The van der Waals surface area contributed by atoms with Crippen LogP contribution in [0.1, 0.15) is 204 Å². The van der Waals surface area contributed by atoms with Crippen molar-refractivity contribution in [3.8, 4) is 24.2 Å². The maximum absolute atomic E-state index is 10.8. The quantitative estimate of drug-likeness (QED) is 0.0621. The highest BCUT2D eigenvalue weighted by molar-refractivity contribution is 5.82. The standard InChI is InChI=1S/3C8H15NO.C6H14O.C6H10O.C5H8O.4C2H6.3B/c3*1-5-8(7(4)10)9-6(2)3;2*1-3-4-5-6(2)7;1-3-4-5(2)6;4*1-2;;;/h3*8-9H,2,5H2,1,3-4H3;6-7H,3-5H2,1-2H3;6-7H,5H2,1-2H3;1,5-6H,4H2,2H3;4*1-2H3;;;/t3*8-;;;;;;;;;;/m000........../s1. The molecular weight excluding hydrogens is 759 g/mol. The van der Waals surface area contributed by atoms with Gasteiger partial charge in [0.1, 0.15) is 0 Å². The van der Waals surface area contributed by atoms with Gasteiger partial charge in [0.25, 0.3) is 0 Å². The highest BCUT2D eigenvalue weighted by atomic mass is 16.3. The molecule has 0 spiro atoms. The molecule has 0 saturated carbocycles. The number of nitrogens with one attached hydrogen (secondary N) is 3. The Morgan fingerprint density at radius 3 is 0.836 bits per heavy atom. The van der Waals surface area contributed by atoms with Crippen molar-refractivity contribution < 1.29 is 29.7 Å². The molecule has 0 heterocycles. The lowest BCUT2D eigenvalue weighted by Gasteiger charge is -2.13. The van der Waals surface area contributed by atoms with E-state index in [1.165, 1.54) is 6.42 Å². The molecule has 0 amide bonds. The fraction of sp³-hybridized carbons (Fsp3) is 0.735. The molecule has 0 saturated heterocycles. The van der Waals surface area contributed by atoms with Gasteiger partial charge in [0.15, 0.2) is 17.3 Å². The molecule has 0 bridgehead atoms. The molecule has 12 heteroatoms. The Hall–Kier alpha value is -3.18. The number of allylic oxidation sites excluding steroid dienone is 3. The summed E-state index contributed by atoms with van der Waals surface area (Å²) in [4.78, 5) is 32.4. The monoisotopic (exact) mass is 861 g/mol. The summed E-state index contributed by atoms with van der Waals surface area (Å²) in [6, 6.07) is -0.132. The van der Waals surface area contributed by atoms with E-state index < -0.39 is 0 Å². The van der Waals surface area contributed by atoms with Gasteiger partial charge in [-0.05, 0) is 94.9 Å². The van der Waals surface area contributed by atoms with Crippen LogP contribution < -0.4 is 16.0 Å². The normalized spacial score (nSPS) is 10.7. The fourth-order valence-electron chi connectivity index (χ4n) is 3.29. The zero-order valence-corrected chi connectivity index (χ0v) is 44.1. The van der Waals surface area contributed by atoms with Gasteiger partial charge >= 0.3 is 0 Å². The van der Waals surface area contributed by atoms with Crippen LogP contribution in [0, 0.1) is 24.2 Å². The summed E-state index contributed by atoms with van der Waals surface area (Å²) in [6.45, 7) is 52.3. The Bertz CT molecular complexity index is 939. The van der Waals surface area contributed by atoms with Crippen molar-refractivity contribution in [1.82, 2.24) is 16.0 Å². The van der Waals surface area contributed by atoms with E-state index in [0.29, 0.717) is 12.8 Å². The van der Waals surface area contributed by atoms with Gasteiger partial charge in [-0.2, -0.15) is 0 Å². The van der Waals surface area contributed by atoms with Crippen LogP contribution in [0.2, 0.25) is 0 Å². The van der Waals surface area contributed by atoms with Crippen LogP contribution in [0.4, 0.5) is 0 Å². The maximum atomic E-state index is 10.8. The Morgan fingerprint density at radius 1 is 0.541 bits per heavy atom. The molecule has 9 radical (unpaired) electrons. The summed E-state index contributed by atoms with van der Waals surface area (Å²) in [5, 5.41) is 34.6. The number of unbranched alkanes of at least 4 members (excludes halogenated alkanes) is 1. The van der Waals surface area contributed by atoms with Crippen molar-refractivity contribution in [2.75, 3.05) is 0 Å². The number of aliphatic hydroxyl groups is 3. The topological polar surface area (TPSA) is 148 Å². The average molecular weight is 861 g/mol. The fourth-order valence-corrected chi connectivity index (χ4v) is 3.29. The van der Waals surface area contributed by atoms with Crippen molar-refractivity contribution in [2.45, 2.75) is 240 Å². The summed E-state index contributed by atoms with van der Waals surface area (Å²) in [7, 11) is 0. The van der Waals surface area contributed by atoms with Crippen LogP contribution >= 0.6 is 0 Å². The number of aliphatic hydroxyl groups excluding tert-OH is 3. The number of rotatable bonds is 17. The van der Waals surface area contributed by atoms with E-state index in [1.54, 1.807) is 41.5 Å². The van der Waals surface area contributed by atoms with Gasteiger partial charge < -0.3 is 31.3 Å². The first-order valence-electron chi connectivity index (χ1n) is 21.7. The van der Waals surface area contributed by atoms with E-state index in [2.05, 4.69) is 60.4 Å². The average Bonchev–Trinajstić information content (AvgIpc) is 3.17. The maximum Gasteiger partial charge on any atom is 0.151 e. The second-order valence-corrected chi connectivity index (χ2v) is 12.2. The van der Waals surface area contributed by atoms with Crippen molar-refractivity contribution in [2.24, 2.45) is 0 Å². The molecule has 0 aliphatic heterocycles. The Kier molecular flexibility index (Phi) is 123. The second kappa shape index (κ2) is 80.8. The van der Waals surface area contributed by atoms with E-state index in [-0.39, 0.29) is 79.0 Å². The van der Waals surface area contributed by atoms with Crippen molar-refractivity contribution in [3.63, 3.8) is 0 Å². The second-order valence-electron chi connectivity index (χ2n) is 12.2. The smallest absolute Gasteiger partial charge is 0.151 e. The highest BCUT2D eigenvalue weighted by Gasteiger charge is 2.10. The Balaban J connectivity index is -0.0000000397. The van der Waals surface area contributed by atoms with Crippen LogP contribution in [0.5, 0.6) is 0 Å². The lowest BCUT2D eigenvalue weighted by molar-refractivity contribution is -0.119. The number of hydrogen-bond donors (Lipinski definition) is 6. The molecule has 9 nitrogen and oxygen atoms in total. The third kappa shape index (κ3) is 119. The SMILES string of the molecule is C#CCC(C)O.C=C(C)N[C@@H](CC)C(C)=O.C=C(C)N[C@@H](CC)C(C)=O.C=C(C)N[C@@H](CC)C(C)=O.CC.CC.CC.CC.CC#CCC(C)O.CCCCC(C)O.[B].[B].[B]. The van der Waals surface area contributed by atoms with E-state index in [4.69, 9.17) is 21.7 Å². The van der Waals surface area contributed by atoms with E-state index in [1.807, 2.05) is 104 Å². The zero-order chi connectivity index (χ0) is 48.8. The van der Waals surface area contributed by atoms with Crippen LogP contribution in [-0.2, 0) is 14.4 Å². The first-order valence-corrected chi connectivity index (χ1v) is 21.7. The number of ketones is 3. The first kappa shape index (κ1) is 92.9. The molecule has 3 unspecified atom stereocenters. The van der Waals surface area contributed by atoms with Crippen molar-refractivity contribution in [1.29, 1.82) is 0 Å². The summed E-state index contributed by atoms with van der Waals surface area (Å²) in [5.41, 5.74) is 2.55. The third-order valence-corrected chi connectivity index (χ3v) is 5.92. The molecule has 0 aliphatic carbocycles. The molecule has 0 aromatic carbocycles. The van der Waals surface area contributed by atoms with Crippen LogP contribution in [0.15, 0.2) is 36.8 Å². The van der Waals surface area contributed by atoms with Gasteiger partial charge in [0.05, 0.1) is 36.4 Å². The predicted octanol–water partition coefficient (Wildman–Crippen LogP) is 10.1. The third-order valence-electron chi connectivity index (χ3n) is 5.92. The minimum atomic E-state index is -0.338. The van der Waals surface area contributed by atoms with Gasteiger partial charge in [0.2, 0.25) is 0 Å². The number of terminal acetylenes is 1. The molecule has 357 valence electrons. The number of Topliss-reactive ketones (excluding diaryl/α,β-unsaturated/α-hetero) is 3. The number of carbonyl (C=O) groups is 3. The van der Waals surface area contributed by atoms with E-state index >= 15 is 0 Å². The largest absolute Gasteiger partial charge is 0.393 e. The van der Waals surface area contributed by atoms with E-state index in [9.17, 15) is 14.4 Å². The van der Waals surface area contributed by atoms with Gasteiger partial charge in [-0.3, -0.25) is 14.4 Å². The summed E-state index contributed by atoms with van der Waals surface area (Å²) in [5.74, 6) is 8.27. The van der Waals surface area contributed by atoms with Gasteiger partial charge in [-0.15, -0.1) is 24.2 Å². The summed E-state index contributed by atoms with van der Waals surface area (Å²) >= 11 is 0. The van der Waals surface area contributed by atoms with Crippen molar-refractivity contribution in [3.05, 3.63) is 36.8 Å².